The van der Waals surface area contributed by atoms with Gasteiger partial charge in [-0.3, -0.25) is 0 Å². The highest BCUT2D eigenvalue weighted by molar-refractivity contribution is 5.89. The number of halogens is 7. The van der Waals surface area contributed by atoms with Crippen LogP contribution in [0.25, 0.3) is 33.0 Å². The zero-order valence-corrected chi connectivity index (χ0v) is 18.0. The molecule has 180 valence electrons. The highest BCUT2D eigenvalue weighted by Gasteiger charge is 2.20. The molecule has 0 amide bonds. The van der Waals surface area contributed by atoms with Crippen molar-refractivity contribution in [3.05, 3.63) is 102 Å². The SMILES string of the molecule is C=CCCc1cc(F)c(-c2ccc(-c3ccc4c(F)c(OC(F)F)c(F)cc4c3)c(F)c2)c(F)c1. The Kier molecular flexibility index (Phi) is 6.82. The topological polar surface area (TPSA) is 9.23 Å². The van der Waals surface area contributed by atoms with Gasteiger partial charge in [0.15, 0.2) is 17.4 Å². The predicted molar refractivity (Wildman–Crippen MR) is 120 cm³/mol. The fourth-order valence-corrected chi connectivity index (χ4v) is 3.90. The summed E-state index contributed by atoms with van der Waals surface area (Å²) in [7, 11) is 0. The fraction of sp³-hybridized carbons (Fsp3) is 0.111. The van der Waals surface area contributed by atoms with Crippen LogP contribution in [0.5, 0.6) is 5.75 Å². The minimum absolute atomic E-state index is 0.00722. The second-order valence-corrected chi connectivity index (χ2v) is 7.77. The first kappa shape index (κ1) is 24.3. The number of hydrogen-bond donors (Lipinski definition) is 0. The maximum absolute atomic E-state index is 15.0. The van der Waals surface area contributed by atoms with Crippen LogP contribution in [0, 0.1) is 29.1 Å². The molecule has 0 atom stereocenters. The number of aryl methyl sites for hydroxylation is 1. The second-order valence-electron chi connectivity index (χ2n) is 7.77. The van der Waals surface area contributed by atoms with Gasteiger partial charge in [0, 0.05) is 10.9 Å². The predicted octanol–water partition coefficient (Wildman–Crippen LogP) is 8.59. The highest BCUT2D eigenvalue weighted by Crippen LogP contribution is 2.36. The first-order valence-corrected chi connectivity index (χ1v) is 10.4. The molecule has 0 bridgehead atoms. The number of fused-ring (bicyclic) bond motifs is 1. The third-order valence-corrected chi connectivity index (χ3v) is 5.50. The highest BCUT2D eigenvalue weighted by atomic mass is 19.3. The van der Waals surface area contributed by atoms with E-state index in [1.54, 1.807) is 6.08 Å². The standard InChI is InChI=1S/C27H17F7O/c1-2-3-4-14-9-21(29)24(22(30)10-14)16-6-7-18(20(28)12-16)15-5-8-19-17(11-15)13-23(31)26(25(19)32)35-27(33)34/h2,5-13,27H,1,3-4H2. The molecule has 0 saturated carbocycles. The lowest BCUT2D eigenvalue weighted by molar-refractivity contribution is -0.0544. The summed E-state index contributed by atoms with van der Waals surface area (Å²) in [6.07, 6.45) is 2.58. The maximum atomic E-state index is 15.0. The molecule has 35 heavy (non-hydrogen) atoms. The van der Waals surface area contributed by atoms with Crippen molar-refractivity contribution in [2.45, 2.75) is 19.5 Å². The van der Waals surface area contributed by atoms with Crippen molar-refractivity contribution in [1.82, 2.24) is 0 Å². The Hall–Kier alpha value is -3.81. The lowest BCUT2D eigenvalue weighted by Gasteiger charge is -2.12. The van der Waals surface area contributed by atoms with E-state index in [0.29, 0.717) is 18.4 Å². The summed E-state index contributed by atoms with van der Waals surface area (Å²) in [6.45, 7) is 0.153. The minimum atomic E-state index is -3.42. The minimum Gasteiger partial charge on any atom is -0.429 e. The van der Waals surface area contributed by atoms with Crippen LogP contribution in [0.15, 0.2) is 67.3 Å². The number of alkyl halides is 2. The molecule has 0 aliphatic rings. The molecule has 0 spiro atoms. The van der Waals surface area contributed by atoms with Crippen LogP contribution < -0.4 is 4.74 Å². The van der Waals surface area contributed by atoms with Gasteiger partial charge in [-0.15, -0.1) is 6.58 Å². The van der Waals surface area contributed by atoms with Gasteiger partial charge < -0.3 is 4.74 Å². The van der Waals surface area contributed by atoms with Crippen molar-refractivity contribution in [3.8, 4) is 28.0 Å². The zero-order valence-electron chi connectivity index (χ0n) is 18.0. The van der Waals surface area contributed by atoms with E-state index in [2.05, 4.69) is 11.3 Å². The summed E-state index contributed by atoms with van der Waals surface area (Å²) >= 11 is 0. The molecule has 0 N–H and O–H groups in total. The molecule has 0 aliphatic carbocycles. The Morgan fingerprint density at radius 3 is 2.09 bits per heavy atom. The Balaban J connectivity index is 1.72. The van der Waals surface area contributed by atoms with Crippen molar-refractivity contribution >= 4 is 10.8 Å². The lowest BCUT2D eigenvalue weighted by atomic mass is 9.96. The maximum Gasteiger partial charge on any atom is 0.387 e. The van der Waals surface area contributed by atoms with Gasteiger partial charge in [-0.25, -0.2) is 22.0 Å². The molecule has 0 aromatic heterocycles. The van der Waals surface area contributed by atoms with Gasteiger partial charge in [0.25, 0.3) is 0 Å². The number of rotatable bonds is 7. The van der Waals surface area contributed by atoms with Gasteiger partial charge in [0.2, 0.25) is 0 Å². The van der Waals surface area contributed by atoms with E-state index in [-0.39, 0.29) is 33.0 Å². The van der Waals surface area contributed by atoms with Crippen molar-refractivity contribution in [2.24, 2.45) is 0 Å². The van der Waals surface area contributed by atoms with Gasteiger partial charge in [-0.1, -0.05) is 30.3 Å². The summed E-state index contributed by atoms with van der Waals surface area (Å²) in [4.78, 5) is 0. The third kappa shape index (κ3) is 4.87. The van der Waals surface area contributed by atoms with E-state index >= 15 is 0 Å². The Labute approximate surface area is 196 Å². The van der Waals surface area contributed by atoms with Crippen LogP contribution >= 0.6 is 0 Å². The molecule has 1 nitrogen and oxygen atoms in total. The molecule has 0 radical (unpaired) electrons. The quantitative estimate of drug-likeness (QED) is 0.186. The number of hydrogen-bond acceptors (Lipinski definition) is 1. The molecule has 0 unspecified atom stereocenters. The number of ether oxygens (including phenoxy) is 1. The van der Waals surface area contributed by atoms with Crippen molar-refractivity contribution in [1.29, 1.82) is 0 Å². The average molecular weight is 490 g/mol. The number of allylic oxidation sites excluding steroid dienone is 1. The summed E-state index contributed by atoms with van der Waals surface area (Å²) in [5.74, 6) is -6.37. The van der Waals surface area contributed by atoms with Gasteiger partial charge in [0.05, 0.1) is 5.56 Å². The van der Waals surface area contributed by atoms with Crippen LogP contribution in [-0.2, 0) is 6.42 Å². The molecule has 8 heteroatoms. The first-order chi connectivity index (χ1) is 16.7. The van der Waals surface area contributed by atoms with Crippen molar-refractivity contribution < 1.29 is 35.5 Å². The van der Waals surface area contributed by atoms with E-state index in [4.69, 9.17) is 0 Å². The Morgan fingerprint density at radius 2 is 1.46 bits per heavy atom. The van der Waals surface area contributed by atoms with Gasteiger partial charge in [-0.2, -0.15) is 8.78 Å². The fourth-order valence-electron chi connectivity index (χ4n) is 3.90. The molecular formula is C27H17F7O. The molecule has 0 aliphatic heterocycles. The van der Waals surface area contributed by atoms with Crippen LogP contribution in [0.3, 0.4) is 0 Å². The first-order valence-electron chi connectivity index (χ1n) is 10.4. The van der Waals surface area contributed by atoms with E-state index in [1.807, 2.05) is 0 Å². The van der Waals surface area contributed by atoms with E-state index in [0.717, 1.165) is 12.1 Å². The van der Waals surface area contributed by atoms with Crippen LogP contribution in [0.4, 0.5) is 30.7 Å². The molecule has 4 aromatic rings. The molecule has 0 fully saturated rings. The number of benzene rings is 4. The van der Waals surface area contributed by atoms with Gasteiger partial charge >= 0.3 is 6.61 Å². The Morgan fingerprint density at radius 1 is 0.771 bits per heavy atom. The van der Waals surface area contributed by atoms with Crippen molar-refractivity contribution in [2.75, 3.05) is 0 Å². The molecule has 4 rings (SSSR count). The summed E-state index contributed by atoms with van der Waals surface area (Å²) in [5, 5.41) is -0.224. The van der Waals surface area contributed by atoms with Crippen LogP contribution in [0.2, 0.25) is 0 Å². The lowest BCUT2D eigenvalue weighted by Crippen LogP contribution is -2.06. The van der Waals surface area contributed by atoms with E-state index in [9.17, 15) is 30.7 Å². The monoisotopic (exact) mass is 490 g/mol. The van der Waals surface area contributed by atoms with Gasteiger partial charge in [0.1, 0.15) is 17.5 Å². The van der Waals surface area contributed by atoms with E-state index < -0.39 is 41.4 Å². The largest absolute Gasteiger partial charge is 0.429 e. The summed E-state index contributed by atoms with van der Waals surface area (Å²) in [5.41, 5.74) is 0.255. The molecular weight excluding hydrogens is 473 g/mol. The molecule has 4 aromatic carbocycles. The van der Waals surface area contributed by atoms with E-state index in [1.165, 1.54) is 42.5 Å². The van der Waals surface area contributed by atoms with Gasteiger partial charge in [-0.05, 0) is 65.3 Å². The third-order valence-electron chi connectivity index (χ3n) is 5.50. The molecule has 0 heterocycles. The molecule has 0 saturated heterocycles. The Bertz CT molecular complexity index is 1410. The smallest absolute Gasteiger partial charge is 0.387 e. The normalized spacial score (nSPS) is 11.3. The summed E-state index contributed by atoms with van der Waals surface area (Å²) in [6, 6.07) is 10.5. The van der Waals surface area contributed by atoms with Crippen LogP contribution in [-0.4, -0.2) is 6.61 Å². The average Bonchev–Trinajstić information content (AvgIpc) is 2.79. The second kappa shape index (κ2) is 9.82. The summed E-state index contributed by atoms with van der Waals surface area (Å²) < 4.78 is 102. The van der Waals surface area contributed by atoms with Crippen molar-refractivity contribution in [3.63, 3.8) is 0 Å². The van der Waals surface area contributed by atoms with Crippen LogP contribution in [0.1, 0.15) is 12.0 Å². The zero-order chi connectivity index (χ0) is 25.3.